The molecule has 86 valence electrons. The second kappa shape index (κ2) is 5.88. The SMILES string of the molecule is CCC(C)C(CO)NCc1cnn(C)c1. The van der Waals surface area contributed by atoms with Gasteiger partial charge in [0.05, 0.1) is 12.8 Å². The van der Waals surface area contributed by atoms with E-state index in [1.807, 2.05) is 19.4 Å². The van der Waals surface area contributed by atoms with Crippen molar-refractivity contribution in [2.75, 3.05) is 6.61 Å². The van der Waals surface area contributed by atoms with Crippen LogP contribution in [0.4, 0.5) is 0 Å². The van der Waals surface area contributed by atoms with Crippen molar-refractivity contribution in [3.8, 4) is 0 Å². The highest BCUT2D eigenvalue weighted by molar-refractivity contribution is 5.03. The summed E-state index contributed by atoms with van der Waals surface area (Å²) < 4.78 is 1.79. The third-order valence-electron chi connectivity index (χ3n) is 2.85. The van der Waals surface area contributed by atoms with Crippen molar-refractivity contribution in [1.29, 1.82) is 0 Å². The molecular weight excluding hydrogens is 190 g/mol. The fraction of sp³-hybridized carbons (Fsp3) is 0.727. The summed E-state index contributed by atoms with van der Waals surface area (Å²) in [7, 11) is 1.90. The van der Waals surface area contributed by atoms with E-state index in [1.165, 1.54) is 0 Å². The average molecular weight is 211 g/mol. The molecule has 2 N–H and O–H groups in total. The summed E-state index contributed by atoms with van der Waals surface area (Å²) in [4.78, 5) is 0. The first-order valence-electron chi connectivity index (χ1n) is 5.49. The van der Waals surface area contributed by atoms with Gasteiger partial charge in [-0.2, -0.15) is 5.10 Å². The second-order valence-electron chi connectivity index (χ2n) is 4.08. The zero-order valence-corrected chi connectivity index (χ0v) is 9.77. The van der Waals surface area contributed by atoms with E-state index in [0.717, 1.165) is 18.5 Å². The molecule has 0 fully saturated rings. The minimum atomic E-state index is 0.176. The van der Waals surface area contributed by atoms with Crippen molar-refractivity contribution in [3.05, 3.63) is 18.0 Å². The molecule has 0 aliphatic heterocycles. The molecule has 0 aliphatic rings. The zero-order chi connectivity index (χ0) is 11.3. The van der Waals surface area contributed by atoms with Crippen molar-refractivity contribution >= 4 is 0 Å². The predicted molar refractivity (Wildman–Crippen MR) is 60.4 cm³/mol. The summed E-state index contributed by atoms with van der Waals surface area (Å²) >= 11 is 0. The molecule has 0 bridgehead atoms. The van der Waals surface area contributed by atoms with Crippen molar-refractivity contribution < 1.29 is 5.11 Å². The smallest absolute Gasteiger partial charge is 0.0587 e. The maximum atomic E-state index is 9.23. The number of aryl methyl sites for hydroxylation is 1. The first-order chi connectivity index (χ1) is 7.17. The molecular formula is C11H21N3O. The number of nitrogens with zero attached hydrogens (tertiary/aromatic N) is 2. The minimum absolute atomic E-state index is 0.176. The lowest BCUT2D eigenvalue weighted by Gasteiger charge is -2.21. The molecule has 4 heteroatoms. The Hall–Kier alpha value is -0.870. The van der Waals surface area contributed by atoms with E-state index in [9.17, 15) is 5.11 Å². The topological polar surface area (TPSA) is 50.1 Å². The van der Waals surface area contributed by atoms with Gasteiger partial charge in [-0.1, -0.05) is 20.3 Å². The summed E-state index contributed by atoms with van der Waals surface area (Å²) in [6.07, 6.45) is 4.90. The maximum absolute atomic E-state index is 9.23. The van der Waals surface area contributed by atoms with Gasteiger partial charge in [0, 0.05) is 31.4 Å². The van der Waals surface area contributed by atoms with Crippen LogP contribution in [0.5, 0.6) is 0 Å². The number of nitrogens with one attached hydrogen (secondary N) is 1. The van der Waals surface area contributed by atoms with Crippen molar-refractivity contribution in [1.82, 2.24) is 15.1 Å². The van der Waals surface area contributed by atoms with Crippen LogP contribution in [0.1, 0.15) is 25.8 Å². The van der Waals surface area contributed by atoms with Crippen LogP contribution in [0.2, 0.25) is 0 Å². The van der Waals surface area contributed by atoms with Crippen LogP contribution in [0.3, 0.4) is 0 Å². The van der Waals surface area contributed by atoms with Crippen LogP contribution in [0, 0.1) is 5.92 Å². The average Bonchev–Trinajstić information content (AvgIpc) is 2.64. The van der Waals surface area contributed by atoms with Gasteiger partial charge < -0.3 is 10.4 Å². The largest absolute Gasteiger partial charge is 0.395 e. The summed E-state index contributed by atoms with van der Waals surface area (Å²) in [6, 6.07) is 0.176. The molecule has 0 aliphatic carbocycles. The molecule has 1 aromatic heterocycles. The van der Waals surface area contributed by atoms with Crippen LogP contribution in [-0.4, -0.2) is 27.5 Å². The number of aliphatic hydroxyl groups is 1. The molecule has 1 rings (SSSR count). The maximum Gasteiger partial charge on any atom is 0.0587 e. The molecule has 2 atom stereocenters. The van der Waals surface area contributed by atoms with E-state index in [1.54, 1.807) is 4.68 Å². The quantitative estimate of drug-likeness (QED) is 0.735. The monoisotopic (exact) mass is 211 g/mol. The molecule has 0 radical (unpaired) electrons. The fourth-order valence-electron chi connectivity index (χ4n) is 1.54. The summed E-state index contributed by atoms with van der Waals surface area (Å²) in [5, 5.41) is 16.7. The van der Waals surface area contributed by atoms with Gasteiger partial charge in [0.25, 0.3) is 0 Å². The standard InChI is InChI=1S/C11H21N3O/c1-4-9(2)11(8-15)12-5-10-6-13-14(3)7-10/h6-7,9,11-12,15H,4-5,8H2,1-3H3. The van der Waals surface area contributed by atoms with Gasteiger partial charge in [0.2, 0.25) is 0 Å². The van der Waals surface area contributed by atoms with E-state index in [2.05, 4.69) is 24.3 Å². The van der Waals surface area contributed by atoms with Crippen LogP contribution in [-0.2, 0) is 13.6 Å². The van der Waals surface area contributed by atoms with E-state index in [-0.39, 0.29) is 12.6 Å². The predicted octanol–water partition coefficient (Wildman–Crippen LogP) is 0.917. The zero-order valence-electron chi connectivity index (χ0n) is 9.77. The summed E-state index contributed by atoms with van der Waals surface area (Å²) in [5.74, 6) is 0.492. The molecule has 1 aromatic rings. The number of rotatable bonds is 6. The van der Waals surface area contributed by atoms with Crippen LogP contribution in [0.25, 0.3) is 0 Å². The third-order valence-corrected chi connectivity index (χ3v) is 2.85. The highest BCUT2D eigenvalue weighted by Gasteiger charge is 2.13. The van der Waals surface area contributed by atoms with E-state index < -0.39 is 0 Å². The lowest BCUT2D eigenvalue weighted by molar-refractivity contribution is 0.201. The van der Waals surface area contributed by atoms with Crippen molar-refractivity contribution in [3.63, 3.8) is 0 Å². The molecule has 15 heavy (non-hydrogen) atoms. The number of aromatic nitrogens is 2. The van der Waals surface area contributed by atoms with Gasteiger partial charge in [-0.05, 0) is 5.92 Å². The molecule has 1 heterocycles. The highest BCUT2D eigenvalue weighted by Crippen LogP contribution is 2.08. The van der Waals surface area contributed by atoms with Crippen LogP contribution in [0.15, 0.2) is 12.4 Å². The Bertz CT molecular complexity index is 285. The van der Waals surface area contributed by atoms with Gasteiger partial charge in [0.15, 0.2) is 0 Å². The first-order valence-corrected chi connectivity index (χ1v) is 5.49. The lowest BCUT2D eigenvalue weighted by atomic mass is 10.00. The number of hydrogen-bond acceptors (Lipinski definition) is 3. The van der Waals surface area contributed by atoms with Gasteiger partial charge in [-0.25, -0.2) is 0 Å². The Kier molecular flexibility index (Phi) is 4.78. The Morgan fingerprint density at radius 1 is 1.60 bits per heavy atom. The summed E-state index contributed by atoms with van der Waals surface area (Å²) in [5.41, 5.74) is 1.15. The summed E-state index contributed by atoms with van der Waals surface area (Å²) in [6.45, 7) is 5.24. The second-order valence-corrected chi connectivity index (χ2v) is 4.08. The van der Waals surface area contributed by atoms with Gasteiger partial charge >= 0.3 is 0 Å². The van der Waals surface area contributed by atoms with Crippen LogP contribution >= 0.6 is 0 Å². The van der Waals surface area contributed by atoms with Gasteiger partial charge in [-0.15, -0.1) is 0 Å². The highest BCUT2D eigenvalue weighted by atomic mass is 16.3. The van der Waals surface area contributed by atoms with Gasteiger partial charge in [-0.3, -0.25) is 4.68 Å². The normalized spacial score (nSPS) is 15.2. The third kappa shape index (κ3) is 3.64. The number of aliphatic hydroxyl groups excluding tert-OH is 1. The molecule has 0 spiro atoms. The Labute approximate surface area is 91.3 Å². The molecule has 0 amide bonds. The molecule has 2 unspecified atom stereocenters. The first kappa shape index (κ1) is 12.2. The van der Waals surface area contributed by atoms with Crippen molar-refractivity contribution in [2.24, 2.45) is 13.0 Å². The number of hydrogen-bond donors (Lipinski definition) is 2. The van der Waals surface area contributed by atoms with Crippen LogP contribution < -0.4 is 5.32 Å². The van der Waals surface area contributed by atoms with Crippen molar-refractivity contribution in [2.45, 2.75) is 32.9 Å². The molecule has 0 saturated heterocycles. The molecule has 0 saturated carbocycles. The van der Waals surface area contributed by atoms with E-state index in [0.29, 0.717) is 5.92 Å². The Morgan fingerprint density at radius 2 is 2.33 bits per heavy atom. The molecule has 4 nitrogen and oxygen atoms in total. The Balaban J connectivity index is 2.40. The molecule has 0 aromatic carbocycles. The van der Waals surface area contributed by atoms with Gasteiger partial charge in [0.1, 0.15) is 0 Å². The minimum Gasteiger partial charge on any atom is -0.395 e. The van der Waals surface area contributed by atoms with E-state index in [4.69, 9.17) is 0 Å². The fourth-order valence-corrected chi connectivity index (χ4v) is 1.54. The Morgan fingerprint density at radius 3 is 2.80 bits per heavy atom. The lowest BCUT2D eigenvalue weighted by Crippen LogP contribution is -2.37. The van der Waals surface area contributed by atoms with E-state index >= 15 is 0 Å².